The van der Waals surface area contributed by atoms with Crippen LogP contribution in [0.1, 0.15) is 42.5 Å². The number of aromatic nitrogens is 3. The van der Waals surface area contributed by atoms with Crippen LogP contribution in [0.3, 0.4) is 0 Å². The van der Waals surface area contributed by atoms with Crippen LogP contribution in [-0.2, 0) is 5.75 Å². The number of nitrogens with zero attached hydrogens (tertiary/aromatic N) is 4. The molecule has 0 N–H and O–H groups in total. The monoisotopic (exact) mass is 502 g/mol. The molecule has 0 atom stereocenters. The molecule has 0 amide bonds. The number of halogens is 2. The molecular weight excluding hydrogens is 479 g/mol. The number of benzene rings is 2. The number of methoxy groups -OCH3 is 1. The Balaban J connectivity index is 1.60. The normalized spacial score (nSPS) is 14.1. The van der Waals surface area contributed by atoms with E-state index in [2.05, 4.69) is 15.3 Å². The molecule has 178 valence electrons. The van der Waals surface area contributed by atoms with E-state index in [9.17, 15) is 9.18 Å². The molecule has 0 radical (unpaired) electrons. The highest BCUT2D eigenvalue weighted by Gasteiger charge is 2.19. The van der Waals surface area contributed by atoms with Gasteiger partial charge in [-0.15, -0.1) is 10.2 Å². The minimum atomic E-state index is -0.425. The zero-order chi connectivity index (χ0) is 24.1. The van der Waals surface area contributed by atoms with E-state index >= 15 is 0 Å². The summed E-state index contributed by atoms with van der Waals surface area (Å²) in [6, 6.07) is 9.95. The minimum absolute atomic E-state index is 0.167. The third kappa shape index (κ3) is 5.59. The van der Waals surface area contributed by atoms with Crippen molar-refractivity contribution >= 4 is 29.6 Å². The van der Waals surface area contributed by atoms with E-state index in [1.807, 2.05) is 12.1 Å². The largest absolute Gasteiger partial charge is 0.493 e. The molecule has 10 heteroatoms. The van der Waals surface area contributed by atoms with E-state index in [-0.39, 0.29) is 22.7 Å². The molecule has 1 fully saturated rings. The molecular formula is C24H24ClFN4O3S. The summed E-state index contributed by atoms with van der Waals surface area (Å²) in [6.07, 6.45) is 6.07. The van der Waals surface area contributed by atoms with Crippen molar-refractivity contribution in [3.05, 3.63) is 74.4 Å². The Bertz CT molecular complexity index is 1240. The van der Waals surface area contributed by atoms with E-state index in [1.54, 1.807) is 32.4 Å². The summed E-state index contributed by atoms with van der Waals surface area (Å²) >= 11 is 7.25. The van der Waals surface area contributed by atoms with Crippen LogP contribution in [0.5, 0.6) is 11.5 Å². The fourth-order valence-corrected chi connectivity index (χ4v) is 4.84. The van der Waals surface area contributed by atoms with E-state index in [1.165, 1.54) is 12.1 Å². The van der Waals surface area contributed by atoms with Crippen molar-refractivity contribution < 1.29 is 13.9 Å². The smallest absolute Gasteiger partial charge is 0.296 e. The Morgan fingerprint density at radius 3 is 2.76 bits per heavy atom. The summed E-state index contributed by atoms with van der Waals surface area (Å²) in [5.41, 5.74) is 0.835. The third-order valence-corrected chi connectivity index (χ3v) is 6.78. The van der Waals surface area contributed by atoms with Crippen LogP contribution in [0.2, 0.25) is 5.02 Å². The quantitative estimate of drug-likeness (QED) is 0.309. The molecule has 3 aromatic rings. The van der Waals surface area contributed by atoms with E-state index in [4.69, 9.17) is 21.1 Å². The van der Waals surface area contributed by atoms with Gasteiger partial charge in [-0.2, -0.15) is 9.78 Å². The highest BCUT2D eigenvalue weighted by atomic mass is 35.5. The summed E-state index contributed by atoms with van der Waals surface area (Å²) < 4.78 is 26.9. The molecule has 0 spiro atoms. The highest BCUT2D eigenvalue weighted by molar-refractivity contribution is 7.98. The van der Waals surface area contributed by atoms with Crippen molar-refractivity contribution in [1.82, 2.24) is 14.9 Å². The number of hydrogen-bond donors (Lipinski definition) is 0. The fraction of sp³-hybridized carbons (Fsp3) is 0.333. The van der Waals surface area contributed by atoms with E-state index in [0.29, 0.717) is 22.1 Å². The lowest BCUT2D eigenvalue weighted by atomic mass is 10.2. The summed E-state index contributed by atoms with van der Waals surface area (Å²) in [6.45, 7) is 1.56. The lowest BCUT2D eigenvalue weighted by Gasteiger charge is -2.16. The number of ether oxygens (including phenoxy) is 2. The average Bonchev–Trinajstić information content (AvgIpc) is 3.34. The van der Waals surface area contributed by atoms with Crippen molar-refractivity contribution in [2.45, 2.75) is 49.6 Å². The molecule has 0 saturated heterocycles. The fourth-order valence-electron chi connectivity index (χ4n) is 3.62. The second kappa shape index (κ2) is 11.0. The first-order chi connectivity index (χ1) is 16.5. The van der Waals surface area contributed by atoms with Gasteiger partial charge >= 0.3 is 0 Å². The summed E-state index contributed by atoms with van der Waals surface area (Å²) in [5, 5.41) is 12.9. The first kappa shape index (κ1) is 24.2. The summed E-state index contributed by atoms with van der Waals surface area (Å²) in [5.74, 6) is 1.02. The standard InChI is InChI=1S/C24H24ClFN4O3S/c1-15-23(31)30(24(29-28-15)34-14-18-19(25)8-5-9-20(18)26)27-13-16-10-11-21(32-2)22(12-16)33-17-6-3-4-7-17/h5,8-13,17H,3-4,6-7,14H2,1-2H3. The first-order valence-electron chi connectivity index (χ1n) is 10.9. The maximum Gasteiger partial charge on any atom is 0.296 e. The molecule has 0 bridgehead atoms. The van der Waals surface area contributed by atoms with E-state index < -0.39 is 11.4 Å². The molecule has 1 aliphatic carbocycles. The average molecular weight is 503 g/mol. The van der Waals surface area contributed by atoms with Gasteiger partial charge in [0.15, 0.2) is 11.5 Å². The second-order valence-electron chi connectivity index (χ2n) is 7.85. The lowest BCUT2D eigenvalue weighted by molar-refractivity contribution is 0.201. The Morgan fingerprint density at radius 1 is 1.24 bits per heavy atom. The summed E-state index contributed by atoms with van der Waals surface area (Å²) in [7, 11) is 1.60. The molecule has 1 heterocycles. The lowest BCUT2D eigenvalue weighted by Crippen LogP contribution is -2.23. The predicted molar refractivity (Wildman–Crippen MR) is 131 cm³/mol. The van der Waals surface area contributed by atoms with Gasteiger partial charge in [-0.05, 0) is 68.5 Å². The van der Waals surface area contributed by atoms with Gasteiger partial charge in [0.2, 0.25) is 5.16 Å². The highest BCUT2D eigenvalue weighted by Crippen LogP contribution is 2.32. The Hall–Kier alpha value is -2.91. The number of thioether (sulfide) groups is 1. The zero-order valence-corrected chi connectivity index (χ0v) is 20.4. The molecule has 1 aliphatic rings. The maximum atomic E-state index is 14.2. The Kier molecular flexibility index (Phi) is 7.84. The molecule has 2 aromatic carbocycles. The van der Waals surface area contributed by atoms with Gasteiger partial charge in [0.05, 0.1) is 19.4 Å². The van der Waals surface area contributed by atoms with Gasteiger partial charge < -0.3 is 9.47 Å². The van der Waals surface area contributed by atoms with Crippen molar-refractivity contribution in [3.8, 4) is 11.5 Å². The predicted octanol–water partition coefficient (Wildman–Crippen LogP) is 5.24. The van der Waals surface area contributed by atoms with Crippen LogP contribution in [0.25, 0.3) is 0 Å². The molecule has 0 aliphatic heterocycles. The van der Waals surface area contributed by atoms with Crippen molar-refractivity contribution in [2.24, 2.45) is 5.10 Å². The maximum absolute atomic E-state index is 14.2. The molecule has 4 rings (SSSR count). The van der Waals surface area contributed by atoms with Crippen LogP contribution in [0.15, 0.2) is 51.5 Å². The Morgan fingerprint density at radius 2 is 2.03 bits per heavy atom. The number of aryl methyl sites for hydroxylation is 1. The van der Waals surface area contributed by atoms with Crippen LogP contribution in [0.4, 0.5) is 4.39 Å². The Labute approximate surface area is 206 Å². The van der Waals surface area contributed by atoms with Gasteiger partial charge in [-0.1, -0.05) is 29.4 Å². The second-order valence-corrected chi connectivity index (χ2v) is 9.20. The van der Waals surface area contributed by atoms with Gasteiger partial charge in [-0.25, -0.2) is 4.39 Å². The van der Waals surface area contributed by atoms with Crippen LogP contribution < -0.4 is 15.0 Å². The van der Waals surface area contributed by atoms with Crippen LogP contribution in [-0.4, -0.2) is 34.3 Å². The zero-order valence-electron chi connectivity index (χ0n) is 18.8. The van der Waals surface area contributed by atoms with Crippen molar-refractivity contribution in [2.75, 3.05) is 7.11 Å². The van der Waals surface area contributed by atoms with Crippen molar-refractivity contribution in [3.63, 3.8) is 0 Å². The van der Waals surface area contributed by atoms with Gasteiger partial charge in [0, 0.05) is 16.3 Å². The topological polar surface area (TPSA) is 78.6 Å². The molecule has 1 saturated carbocycles. The minimum Gasteiger partial charge on any atom is -0.493 e. The van der Waals surface area contributed by atoms with E-state index in [0.717, 1.165) is 47.7 Å². The van der Waals surface area contributed by atoms with Crippen LogP contribution in [0, 0.1) is 12.7 Å². The molecule has 7 nitrogen and oxygen atoms in total. The first-order valence-corrected chi connectivity index (χ1v) is 12.2. The SMILES string of the molecule is COc1ccc(C=Nn2c(SCc3c(F)cccc3Cl)nnc(C)c2=O)cc1OC1CCCC1. The number of hydrogen-bond acceptors (Lipinski definition) is 7. The molecule has 34 heavy (non-hydrogen) atoms. The third-order valence-electron chi connectivity index (χ3n) is 5.48. The number of rotatable bonds is 8. The van der Waals surface area contributed by atoms with Crippen LogP contribution >= 0.6 is 23.4 Å². The molecule has 1 aromatic heterocycles. The van der Waals surface area contributed by atoms with Gasteiger partial charge in [0.1, 0.15) is 11.5 Å². The van der Waals surface area contributed by atoms with Gasteiger partial charge in [-0.3, -0.25) is 4.79 Å². The summed E-state index contributed by atoms with van der Waals surface area (Å²) in [4.78, 5) is 12.7. The van der Waals surface area contributed by atoms with Crippen molar-refractivity contribution in [1.29, 1.82) is 0 Å². The van der Waals surface area contributed by atoms with Gasteiger partial charge in [0.25, 0.3) is 5.56 Å². The molecule has 0 unspecified atom stereocenters.